The number of carbonyl (C=O) groups excluding carboxylic acids is 1. The molecule has 2 aliphatic heterocycles. The van der Waals surface area contributed by atoms with E-state index in [1.807, 2.05) is 19.1 Å². The maximum Gasteiger partial charge on any atom is 0.239 e. The van der Waals surface area contributed by atoms with Crippen molar-refractivity contribution in [3.8, 4) is 0 Å². The van der Waals surface area contributed by atoms with Crippen molar-refractivity contribution >= 4 is 32.3 Å². The van der Waals surface area contributed by atoms with Crippen molar-refractivity contribution in [2.24, 2.45) is 0 Å². The van der Waals surface area contributed by atoms with E-state index in [0.29, 0.717) is 18.8 Å². The molecular formula is C24H28N4O3S. The monoisotopic (exact) mass is 452 g/mol. The lowest BCUT2D eigenvalue weighted by Crippen LogP contribution is -2.33. The van der Waals surface area contributed by atoms with Gasteiger partial charge in [0.2, 0.25) is 5.91 Å². The highest BCUT2D eigenvalue weighted by atomic mass is 32.2. The molecule has 3 heterocycles. The number of aromatic nitrogens is 2. The van der Waals surface area contributed by atoms with Gasteiger partial charge in [0.05, 0.1) is 29.8 Å². The molecule has 1 amide bonds. The third kappa shape index (κ3) is 4.17. The number of amides is 1. The first-order chi connectivity index (χ1) is 15.4. The zero-order chi connectivity index (χ0) is 22.3. The fourth-order valence-electron chi connectivity index (χ4n) is 5.13. The lowest BCUT2D eigenvalue weighted by molar-refractivity contribution is -0.117. The molecule has 1 N–H and O–H groups in total. The average Bonchev–Trinajstić information content (AvgIpc) is 3.46. The number of nitrogens with one attached hydrogen (secondary N) is 1. The zero-order valence-corrected chi connectivity index (χ0v) is 19.0. The Morgan fingerprint density at radius 3 is 2.78 bits per heavy atom. The highest BCUT2D eigenvalue weighted by Gasteiger charge is 2.32. The van der Waals surface area contributed by atoms with E-state index >= 15 is 0 Å². The van der Waals surface area contributed by atoms with E-state index in [4.69, 9.17) is 0 Å². The quantitative estimate of drug-likeness (QED) is 0.641. The summed E-state index contributed by atoms with van der Waals surface area (Å²) >= 11 is 0. The highest BCUT2D eigenvalue weighted by Crippen LogP contribution is 2.36. The van der Waals surface area contributed by atoms with Crippen molar-refractivity contribution < 1.29 is 13.2 Å². The number of nitrogens with zero attached hydrogens (tertiary/aromatic N) is 3. The SMILES string of the molecule is Cc1cc(NC(=O)CN2CCCC2c2cccc3ccccc23)n(C2CCS(=O)(=O)C2)n1. The molecule has 0 spiro atoms. The summed E-state index contributed by atoms with van der Waals surface area (Å²) in [5, 5.41) is 9.91. The Morgan fingerprint density at radius 1 is 1.16 bits per heavy atom. The smallest absolute Gasteiger partial charge is 0.239 e. The van der Waals surface area contributed by atoms with Gasteiger partial charge in [-0.1, -0.05) is 42.5 Å². The van der Waals surface area contributed by atoms with Crippen LogP contribution in [0.3, 0.4) is 0 Å². The number of aryl methyl sites for hydroxylation is 1. The lowest BCUT2D eigenvalue weighted by Gasteiger charge is -2.25. The summed E-state index contributed by atoms with van der Waals surface area (Å²) in [5.41, 5.74) is 2.03. The predicted molar refractivity (Wildman–Crippen MR) is 125 cm³/mol. The Morgan fingerprint density at radius 2 is 1.97 bits per heavy atom. The second-order valence-corrected chi connectivity index (χ2v) is 11.1. The molecule has 0 saturated carbocycles. The molecule has 8 heteroatoms. The molecule has 2 saturated heterocycles. The van der Waals surface area contributed by atoms with Gasteiger partial charge in [0.15, 0.2) is 9.84 Å². The fraction of sp³-hybridized carbons (Fsp3) is 0.417. The van der Waals surface area contributed by atoms with Crippen LogP contribution in [0.15, 0.2) is 48.5 Å². The molecule has 168 valence electrons. The molecule has 2 unspecified atom stereocenters. The van der Waals surface area contributed by atoms with Gasteiger partial charge in [-0.15, -0.1) is 0 Å². The van der Waals surface area contributed by atoms with Gasteiger partial charge in [0.1, 0.15) is 5.82 Å². The number of rotatable bonds is 5. The van der Waals surface area contributed by atoms with E-state index in [2.05, 4.69) is 51.7 Å². The van der Waals surface area contributed by atoms with E-state index in [1.165, 1.54) is 16.3 Å². The maximum atomic E-state index is 13.0. The summed E-state index contributed by atoms with van der Waals surface area (Å²) in [7, 11) is -3.04. The Bertz CT molecular complexity index is 1260. The summed E-state index contributed by atoms with van der Waals surface area (Å²) in [6, 6.07) is 16.6. The molecule has 3 aromatic rings. The van der Waals surface area contributed by atoms with Crippen molar-refractivity contribution in [3.05, 3.63) is 59.8 Å². The topological polar surface area (TPSA) is 84.3 Å². The minimum Gasteiger partial charge on any atom is -0.310 e. The number of fused-ring (bicyclic) bond motifs is 1. The van der Waals surface area contributed by atoms with Crippen LogP contribution in [0, 0.1) is 6.92 Å². The first-order valence-electron chi connectivity index (χ1n) is 11.2. The second-order valence-electron chi connectivity index (χ2n) is 8.92. The Labute approximate surface area is 188 Å². The van der Waals surface area contributed by atoms with Gasteiger partial charge in [0, 0.05) is 12.1 Å². The van der Waals surface area contributed by atoms with E-state index in [9.17, 15) is 13.2 Å². The molecule has 2 aliphatic rings. The summed E-state index contributed by atoms with van der Waals surface area (Å²) in [5.74, 6) is 0.728. The molecule has 0 radical (unpaired) electrons. The number of hydrogen-bond donors (Lipinski definition) is 1. The minimum absolute atomic E-state index is 0.0757. The largest absolute Gasteiger partial charge is 0.310 e. The lowest BCUT2D eigenvalue weighted by atomic mass is 9.97. The van der Waals surface area contributed by atoms with E-state index in [-0.39, 0.29) is 29.5 Å². The standard InChI is InChI=1S/C24H28N4O3S/c1-17-14-23(28(26-17)19-11-13-32(30,31)16-19)25-24(29)15-27-12-5-10-22(27)21-9-4-7-18-6-2-3-8-20(18)21/h2-4,6-9,14,19,22H,5,10-13,15-16H2,1H3,(H,25,29). The Kier molecular flexibility index (Phi) is 5.51. The molecule has 0 bridgehead atoms. The van der Waals surface area contributed by atoms with Crippen molar-refractivity contribution in [3.63, 3.8) is 0 Å². The van der Waals surface area contributed by atoms with Crippen LogP contribution < -0.4 is 5.32 Å². The van der Waals surface area contributed by atoms with Gasteiger partial charge in [-0.05, 0) is 49.1 Å². The molecule has 5 rings (SSSR count). The number of likely N-dealkylation sites (tertiary alicyclic amines) is 1. The van der Waals surface area contributed by atoms with Gasteiger partial charge >= 0.3 is 0 Å². The molecule has 32 heavy (non-hydrogen) atoms. The third-order valence-corrected chi connectivity index (χ3v) is 8.32. The second kappa shape index (κ2) is 8.33. The van der Waals surface area contributed by atoms with Crippen LogP contribution >= 0.6 is 0 Å². The maximum absolute atomic E-state index is 13.0. The van der Waals surface area contributed by atoms with E-state index < -0.39 is 9.84 Å². The first-order valence-corrected chi connectivity index (χ1v) is 13.0. The zero-order valence-electron chi connectivity index (χ0n) is 18.2. The molecular weight excluding hydrogens is 424 g/mol. The van der Waals surface area contributed by atoms with Gasteiger partial charge in [-0.2, -0.15) is 5.10 Å². The Balaban J connectivity index is 1.32. The molecule has 2 fully saturated rings. The van der Waals surface area contributed by atoms with Crippen molar-refractivity contribution in [2.45, 2.75) is 38.3 Å². The van der Waals surface area contributed by atoms with Gasteiger partial charge in [0.25, 0.3) is 0 Å². The molecule has 0 aliphatic carbocycles. The number of carbonyl (C=O) groups is 1. The first kappa shape index (κ1) is 21.2. The van der Waals surface area contributed by atoms with Crippen LogP contribution in [0.4, 0.5) is 5.82 Å². The van der Waals surface area contributed by atoms with Crippen LogP contribution in [0.2, 0.25) is 0 Å². The number of sulfone groups is 1. The van der Waals surface area contributed by atoms with Crippen LogP contribution in [-0.2, 0) is 14.6 Å². The van der Waals surface area contributed by atoms with Crippen LogP contribution in [0.25, 0.3) is 10.8 Å². The van der Waals surface area contributed by atoms with Gasteiger partial charge < -0.3 is 5.32 Å². The molecule has 7 nitrogen and oxygen atoms in total. The minimum atomic E-state index is -3.04. The predicted octanol–water partition coefficient (Wildman–Crippen LogP) is 3.48. The number of hydrogen-bond acceptors (Lipinski definition) is 5. The molecule has 2 aromatic carbocycles. The third-order valence-electron chi connectivity index (χ3n) is 6.57. The average molecular weight is 453 g/mol. The van der Waals surface area contributed by atoms with Crippen molar-refractivity contribution in [2.75, 3.05) is 29.9 Å². The fourth-order valence-corrected chi connectivity index (χ4v) is 6.82. The van der Waals surface area contributed by atoms with E-state index in [0.717, 1.165) is 25.1 Å². The van der Waals surface area contributed by atoms with Gasteiger partial charge in [-0.25, -0.2) is 13.1 Å². The number of anilines is 1. The highest BCUT2D eigenvalue weighted by molar-refractivity contribution is 7.91. The van der Waals surface area contributed by atoms with Crippen LogP contribution in [0.1, 0.15) is 42.6 Å². The summed E-state index contributed by atoms with van der Waals surface area (Å²) in [6.07, 6.45) is 2.61. The van der Waals surface area contributed by atoms with Crippen molar-refractivity contribution in [1.29, 1.82) is 0 Å². The Hall–Kier alpha value is -2.71. The number of benzene rings is 2. The normalized spacial score (nSPS) is 23.0. The summed E-state index contributed by atoms with van der Waals surface area (Å²) in [6.45, 7) is 3.02. The molecule has 1 aromatic heterocycles. The summed E-state index contributed by atoms with van der Waals surface area (Å²) in [4.78, 5) is 15.2. The van der Waals surface area contributed by atoms with E-state index in [1.54, 1.807) is 4.68 Å². The van der Waals surface area contributed by atoms with Crippen molar-refractivity contribution in [1.82, 2.24) is 14.7 Å². The van der Waals surface area contributed by atoms with Gasteiger partial charge in [-0.3, -0.25) is 9.69 Å². The molecule has 2 atom stereocenters. The summed E-state index contributed by atoms with van der Waals surface area (Å²) < 4.78 is 25.5. The van der Waals surface area contributed by atoms with Crippen LogP contribution in [-0.4, -0.2) is 53.6 Å². The van der Waals surface area contributed by atoms with Crippen LogP contribution in [0.5, 0.6) is 0 Å².